The Balaban J connectivity index is 2.02. The minimum absolute atomic E-state index is 0.0289. The minimum Gasteiger partial charge on any atom is -0.481 e. The van der Waals surface area contributed by atoms with Crippen LogP contribution in [0.25, 0.3) is 6.08 Å². The molecule has 0 spiro atoms. The maximum absolute atomic E-state index is 12.4. The number of aryl methyl sites for hydroxylation is 1. The standard InChI is InChI=1S/C30H42O4/c1-18(2)9-8-10-23(28(33)34)27-26(32)17-30(7)24-13-11-20(5)21(12-14-25(31)19(3)4)22(24)15-16-29(27,30)6/h9,11,13,15-16,19,23,26-27,32H,8,10,12,14,17H2,1-7H3,(H,33,34). The van der Waals surface area contributed by atoms with E-state index in [0.29, 0.717) is 32.1 Å². The van der Waals surface area contributed by atoms with Gasteiger partial charge in [0.2, 0.25) is 0 Å². The zero-order valence-corrected chi connectivity index (χ0v) is 21.9. The number of aliphatic carboxylic acids is 1. The average molecular weight is 467 g/mol. The normalized spacial score (nSPS) is 28.4. The average Bonchev–Trinajstić information content (AvgIpc) is 2.95. The Hall–Kier alpha value is -2.20. The molecular formula is C30H42O4. The molecule has 1 aromatic carbocycles. The van der Waals surface area contributed by atoms with Gasteiger partial charge in [-0.3, -0.25) is 9.59 Å². The van der Waals surface area contributed by atoms with E-state index in [0.717, 1.165) is 5.56 Å². The number of carboxylic acids is 1. The van der Waals surface area contributed by atoms with Crippen LogP contribution in [0.5, 0.6) is 0 Å². The zero-order valence-electron chi connectivity index (χ0n) is 21.9. The molecule has 1 fully saturated rings. The second-order valence-electron chi connectivity index (χ2n) is 11.5. The molecule has 2 aliphatic rings. The van der Waals surface area contributed by atoms with Crippen molar-refractivity contribution in [3.05, 3.63) is 52.1 Å². The summed E-state index contributed by atoms with van der Waals surface area (Å²) in [4.78, 5) is 24.7. The summed E-state index contributed by atoms with van der Waals surface area (Å²) in [5.41, 5.74) is 5.02. The molecule has 4 heteroatoms. The van der Waals surface area contributed by atoms with E-state index in [2.05, 4.69) is 51.1 Å². The van der Waals surface area contributed by atoms with Gasteiger partial charge in [0.05, 0.1) is 12.0 Å². The highest BCUT2D eigenvalue weighted by Gasteiger charge is 2.62. The molecule has 1 aromatic rings. The molecule has 0 radical (unpaired) electrons. The summed E-state index contributed by atoms with van der Waals surface area (Å²) in [6, 6.07) is 4.29. The molecule has 0 heterocycles. The van der Waals surface area contributed by atoms with Crippen molar-refractivity contribution in [2.45, 2.75) is 92.1 Å². The SMILES string of the molecule is CC(C)=CCCC(C(=O)O)C1C(O)CC2(C)c3ccc(C)c(CCC(=O)C(C)C)c3C=CC12C. The number of allylic oxidation sites excluding steroid dienone is 3. The third kappa shape index (κ3) is 4.54. The van der Waals surface area contributed by atoms with E-state index >= 15 is 0 Å². The Morgan fingerprint density at radius 1 is 1.21 bits per heavy atom. The lowest BCUT2D eigenvalue weighted by molar-refractivity contribution is -0.147. The molecule has 5 unspecified atom stereocenters. The van der Waals surface area contributed by atoms with Gasteiger partial charge in [0.15, 0.2) is 0 Å². The first kappa shape index (κ1) is 26.4. The highest BCUT2D eigenvalue weighted by atomic mass is 16.4. The summed E-state index contributed by atoms with van der Waals surface area (Å²) < 4.78 is 0. The summed E-state index contributed by atoms with van der Waals surface area (Å²) in [6.07, 6.45) is 8.67. The molecule has 2 N–H and O–H groups in total. The van der Waals surface area contributed by atoms with Gasteiger partial charge in [-0.15, -0.1) is 0 Å². The molecule has 3 rings (SSSR count). The number of hydrogen-bond acceptors (Lipinski definition) is 3. The number of aliphatic hydroxyl groups is 1. The molecule has 0 aliphatic heterocycles. The number of benzene rings is 1. The van der Waals surface area contributed by atoms with Crippen LogP contribution in [0.2, 0.25) is 0 Å². The van der Waals surface area contributed by atoms with Crippen molar-refractivity contribution in [2.24, 2.45) is 23.2 Å². The number of ketones is 1. The van der Waals surface area contributed by atoms with Gasteiger partial charge in [0, 0.05) is 29.1 Å². The highest BCUT2D eigenvalue weighted by Crippen LogP contribution is 2.63. The zero-order chi connectivity index (χ0) is 25.4. The van der Waals surface area contributed by atoms with Crippen molar-refractivity contribution in [1.29, 1.82) is 0 Å². The summed E-state index contributed by atoms with van der Waals surface area (Å²) in [6.45, 7) is 14.3. The van der Waals surface area contributed by atoms with Crippen LogP contribution in [-0.4, -0.2) is 28.1 Å². The molecule has 4 nitrogen and oxygen atoms in total. The van der Waals surface area contributed by atoms with Gasteiger partial charge in [-0.25, -0.2) is 0 Å². The molecule has 34 heavy (non-hydrogen) atoms. The first-order valence-electron chi connectivity index (χ1n) is 12.7. The van der Waals surface area contributed by atoms with Crippen molar-refractivity contribution in [1.82, 2.24) is 0 Å². The monoisotopic (exact) mass is 466 g/mol. The number of fused-ring (bicyclic) bond motifs is 3. The third-order valence-corrected chi connectivity index (χ3v) is 8.74. The van der Waals surface area contributed by atoms with Gasteiger partial charge >= 0.3 is 5.97 Å². The smallest absolute Gasteiger partial charge is 0.306 e. The van der Waals surface area contributed by atoms with Crippen LogP contribution in [0, 0.1) is 30.1 Å². The van der Waals surface area contributed by atoms with Gasteiger partial charge < -0.3 is 10.2 Å². The van der Waals surface area contributed by atoms with Crippen LogP contribution >= 0.6 is 0 Å². The van der Waals surface area contributed by atoms with Gasteiger partial charge in [-0.2, -0.15) is 0 Å². The minimum atomic E-state index is -0.826. The first-order valence-corrected chi connectivity index (χ1v) is 12.7. The number of hydrogen-bond donors (Lipinski definition) is 2. The van der Waals surface area contributed by atoms with Crippen molar-refractivity contribution in [2.75, 3.05) is 0 Å². The van der Waals surface area contributed by atoms with E-state index in [1.165, 1.54) is 22.3 Å². The Morgan fingerprint density at radius 2 is 1.88 bits per heavy atom. The van der Waals surface area contributed by atoms with Crippen LogP contribution < -0.4 is 0 Å². The van der Waals surface area contributed by atoms with Crippen LogP contribution in [-0.2, 0) is 21.4 Å². The number of carbonyl (C=O) groups is 2. The van der Waals surface area contributed by atoms with Gasteiger partial charge in [0.1, 0.15) is 5.78 Å². The summed E-state index contributed by atoms with van der Waals surface area (Å²) in [5, 5.41) is 21.5. The van der Waals surface area contributed by atoms with Gasteiger partial charge in [-0.05, 0) is 68.7 Å². The fourth-order valence-corrected chi connectivity index (χ4v) is 6.49. The van der Waals surface area contributed by atoms with E-state index in [9.17, 15) is 19.8 Å². The molecule has 5 atom stereocenters. The molecule has 186 valence electrons. The van der Waals surface area contributed by atoms with Crippen molar-refractivity contribution >= 4 is 17.8 Å². The fourth-order valence-electron chi connectivity index (χ4n) is 6.49. The maximum Gasteiger partial charge on any atom is 0.306 e. The second kappa shape index (κ2) is 9.81. The van der Waals surface area contributed by atoms with E-state index < -0.39 is 23.4 Å². The molecule has 0 saturated heterocycles. The van der Waals surface area contributed by atoms with Crippen LogP contribution in [0.1, 0.15) is 89.5 Å². The number of Topliss-reactive ketones (excluding diaryl/α,β-unsaturated/α-hetero) is 1. The molecule has 0 amide bonds. The number of carboxylic acid groups (broad SMARTS) is 1. The lowest BCUT2D eigenvalue weighted by atomic mass is 9.55. The Bertz CT molecular complexity index is 1010. The van der Waals surface area contributed by atoms with E-state index in [1.54, 1.807) is 0 Å². The van der Waals surface area contributed by atoms with Gasteiger partial charge in [0.25, 0.3) is 0 Å². The summed E-state index contributed by atoms with van der Waals surface area (Å²) in [5.74, 6) is -1.51. The molecule has 0 bridgehead atoms. The lowest BCUT2D eigenvalue weighted by Gasteiger charge is -2.47. The lowest BCUT2D eigenvalue weighted by Crippen LogP contribution is -2.45. The quantitative estimate of drug-likeness (QED) is 0.421. The van der Waals surface area contributed by atoms with Crippen LogP contribution in [0.15, 0.2) is 29.9 Å². The molecule has 1 saturated carbocycles. The van der Waals surface area contributed by atoms with Crippen molar-refractivity contribution in [3.8, 4) is 0 Å². The Kier molecular flexibility index (Phi) is 7.62. The second-order valence-corrected chi connectivity index (χ2v) is 11.5. The van der Waals surface area contributed by atoms with Crippen molar-refractivity contribution in [3.63, 3.8) is 0 Å². The summed E-state index contributed by atoms with van der Waals surface area (Å²) >= 11 is 0. The number of rotatable bonds is 9. The first-order chi connectivity index (χ1) is 15.8. The van der Waals surface area contributed by atoms with Gasteiger partial charge in [-0.1, -0.05) is 63.6 Å². The Labute approximate surface area is 205 Å². The maximum atomic E-state index is 12.4. The van der Waals surface area contributed by atoms with Crippen LogP contribution in [0.3, 0.4) is 0 Å². The molecular weight excluding hydrogens is 424 g/mol. The number of aliphatic hydroxyl groups excluding tert-OH is 1. The molecule has 2 aliphatic carbocycles. The predicted molar refractivity (Wildman–Crippen MR) is 138 cm³/mol. The van der Waals surface area contributed by atoms with E-state index in [1.807, 2.05) is 27.7 Å². The fraction of sp³-hybridized carbons (Fsp3) is 0.600. The van der Waals surface area contributed by atoms with Crippen LogP contribution in [0.4, 0.5) is 0 Å². The van der Waals surface area contributed by atoms with E-state index in [4.69, 9.17) is 0 Å². The number of carbonyl (C=O) groups excluding carboxylic acids is 1. The highest BCUT2D eigenvalue weighted by molar-refractivity contribution is 5.81. The largest absolute Gasteiger partial charge is 0.481 e. The predicted octanol–water partition coefficient (Wildman–Crippen LogP) is 6.27. The van der Waals surface area contributed by atoms with E-state index in [-0.39, 0.29) is 23.0 Å². The van der Waals surface area contributed by atoms with Crippen molar-refractivity contribution < 1.29 is 19.8 Å². The third-order valence-electron chi connectivity index (χ3n) is 8.74. The Morgan fingerprint density at radius 3 is 2.47 bits per heavy atom. The topological polar surface area (TPSA) is 74.6 Å². The molecule has 0 aromatic heterocycles. The summed E-state index contributed by atoms with van der Waals surface area (Å²) in [7, 11) is 0.